The van der Waals surface area contributed by atoms with Gasteiger partial charge >= 0.3 is 0 Å². The summed E-state index contributed by atoms with van der Waals surface area (Å²) < 4.78 is 0. The number of carbonyl (C=O) groups excluding carboxylic acids is 2. The van der Waals surface area contributed by atoms with Gasteiger partial charge in [-0.15, -0.1) is 0 Å². The lowest BCUT2D eigenvalue weighted by Crippen LogP contribution is -2.24. The predicted octanol–water partition coefficient (Wildman–Crippen LogP) is 2.44. The molecule has 7 heteroatoms. The lowest BCUT2D eigenvalue weighted by atomic mass is 9.96. The molecule has 0 bridgehead atoms. The Kier molecular flexibility index (Phi) is 5.51. The van der Waals surface area contributed by atoms with Gasteiger partial charge in [0.2, 0.25) is 0 Å². The molecule has 4 aromatic rings. The summed E-state index contributed by atoms with van der Waals surface area (Å²) in [4.78, 5) is 43.0. The van der Waals surface area contributed by atoms with E-state index in [9.17, 15) is 9.59 Å². The van der Waals surface area contributed by atoms with Crippen molar-refractivity contribution in [2.45, 2.75) is 20.4 Å². The van der Waals surface area contributed by atoms with Crippen molar-refractivity contribution in [1.29, 1.82) is 0 Å². The normalized spacial score (nSPS) is 12.3. The van der Waals surface area contributed by atoms with Crippen LogP contribution >= 0.6 is 0 Å². The highest BCUT2D eigenvalue weighted by atomic mass is 16.2. The number of amides is 2. The van der Waals surface area contributed by atoms with Gasteiger partial charge in [0.25, 0.3) is 11.8 Å². The summed E-state index contributed by atoms with van der Waals surface area (Å²) in [7, 11) is 0. The minimum absolute atomic E-state index is 0.271. The summed E-state index contributed by atoms with van der Waals surface area (Å²) in [5.74, 6) is 0.0763. The molecule has 2 amide bonds. The Morgan fingerprint density at radius 1 is 0.882 bits per heavy atom. The van der Waals surface area contributed by atoms with Crippen LogP contribution < -0.4 is 15.9 Å². The lowest BCUT2D eigenvalue weighted by molar-refractivity contribution is -0.112. The Labute approximate surface area is 196 Å². The van der Waals surface area contributed by atoms with E-state index in [1.807, 2.05) is 49.4 Å². The number of aryl methyl sites for hydroxylation is 2. The zero-order valence-corrected chi connectivity index (χ0v) is 18.7. The zero-order chi connectivity index (χ0) is 23.7. The molecular weight excluding hydrogens is 426 g/mol. The van der Waals surface area contributed by atoms with E-state index < -0.39 is 0 Å². The van der Waals surface area contributed by atoms with E-state index in [-0.39, 0.29) is 18.4 Å². The number of aromatic nitrogens is 3. The molecule has 0 atom stereocenters. The number of fused-ring (bicyclic) bond motifs is 1. The predicted molar refractivity (Wildman–Crippen MR) is 127 cm³/mol. The summed E-state index contributed by atoms with van der Waals surface area (Å²) in [6.07, 6.45) is 5.15. The van der Waals surface area contributed by atoms with Gasteiger partial charge in [-0.05, 0) is 55.3 Å². The molecule has 0 radical (unpaired) electrons. The molecule has 0 saturated carbocycles. The van der Waals surface area contributed by atoms with Gasteiger partial charge in [-0.3, -0.25) is 14.6 Å². The summed E-state index contributed by atoms with van der Waals surface area (Å²) in [5, 5.41) is 4.30. The second-order valence-corrected chi connectivity index (χ2v) is 8.15. The molecular formula is C27H21N5O2. The van der Waals surface area contributed by atoms with Crippen molar-refractivity contribution in [3.63, 3.8) is 0 Å². The molecule has 0 unspecified atom stereocenters. The smallest absolute Gasteiger partial charge is 0.278 e. The molecule has 166 valence electrons. The molecule has 2 aromatic heterocycles. The maximum absolute atomic E-state index is 13.1. The number of nitrogens with one attached hydrogen (secondary N) is 1. The molecule has 1 aliphatic heterocycles. The number of para-hydroxylation sites is 1. The Balaban J connectivity index is 1.58. The van der Waals surface area contributed by atoms with Gasteiger partial charge < -0.3 is 5.32 Å². The zero-order valence-electron chi connectivity index (χ0n) is 18.7. The minimum atomic E-state index is -0.321. The molecule has 0 aliphatic carbocycles. The molecule has 0 fully saturated rings. The number of nitrogens with zero attached hydrogens (tertiary/aromatic N) is 4. The van der Waals surface area contributed by atoms with Crippen LogP contribution in [0.4, 0.5) is 0 Å². The maximum atomic E-state index is 13.1. The minimum Gasteiger partial charge on any atom is -0.348 e. The Morgan fingerprint density at radius 3 is 2.41 bits per heavy atom. The molecule has 3 heterocycles. The number of hydrogen-bond donors (Lipinski definition) is 1. The van der Waals surface area contributed by atoms with Crippen molar-refractivity contribution in [1.82, 2.24) is 20.3 Å². The van der Waals surface area contributed by atoms with E-state index in [1.54, 1.807) is 37.6 Å². The third-order valence-corrected chi connectivity index (χ3v) is 5.59. The third kappa shape index (κ3) is 4.23. The van der Waals surface area contributed by atoms with E-state index in [4.69, 9.17) is 0 Å². The van der Waals surface area contributed by atoms with Crippen LogP contribution in [-0.2, 0) is 11.3 Å². The van der Waals surface area contributed by atoms with Crippen LogP contribution in [0.5, 0.6) is 0 Å². The molecule has 2 aromatic carbocycles. The standard InChI is InChI=1S/C27H21N5O2/c1-16-7-8-23(30-12-16)19-9-20(25-22-5-3-4-6-24(22)32-27(25)34)11-21(10-19)26(33)31-15-18-13-28-17(2)29-14-18/h3-14H,15H2,1-2H3,(H,31,33). The fraction of sp³-hybridized carbons (Fsp3) is 0.111. The van der Waals surface area contributed by atoms with E-state index in [2.05, 4.69) is 25.3 Å². The van der Waals surface area contributed by atoms with Crippen molar-refractivity contribution in [2.75, 3.05) is 0 Å². The summed E-state index contributed by atoms with van der Waals surface area (Å²) >= 11 is 0. The topological polar surface area (TPSA) is 97.2 Å². The maximum Gasteiger partial charge on any atom is 0.278 e. The van der Waals surface area contributed by atoms with E-state index in [1.165, 1.54) is 0 Å². The van der Waals surface area contributed by atoms with Crippen LogP contribution in [-0.4, -0.2) is 26.8 Å². The monoisotopic (exact) mass is 447 g/mol. The molecule has 1 N–H and O–H groups in total. The highest BCUT2D eigenvalue weighted by Crippen LogP contribution is 2.25. The highest BCUT2D eigenvalue weighted by Gasteiger charge is 2.21. The van der Waals surface area contributed by atoms with Crippen LogP contribution in [0.25, 0.3) is 16.8 Å². The molecule has 5 rings (SSSR count). The average molecular weight is 447 g/mol. The molecule has 1 aliphatic rings. The first-order valence-corrected chi connectivity index (χ1v) is 10.8. The second kappa shape index (κ2) is 8.78. The molecule has 0 saturated heterocycles. The van der Waals surface area contributed by atoms with Gasteiger partial charge in [0.05, 0.1) is 16.6 Å². The average Bonchev–Trinajstić information content (AvgIpc) is 3.19. The Morgan fingerprint density at radius 2 is 1.65 bits per heavy atom. The van der Waals surface area contributed by atoms with Gasteiger partial charge in [0, 0.05) is 47.0 Å². The van der Waals surface area contributed by atoms with Gasteiger partial charge in [-0.25, -0.2) is 15.0 Å². The fourth-order valence-corrected chi connectivity index (χ4v) is 3.83. The SMILES string of the molecule is Cc1ccc(-c2cc(C(=O)NCc3cnc(C)nc3)cc(C3=c4ccccc4=NC3=O)c2)nc1. The van der Waals surface area contributed by atoms with Crippen molar-refractivity contribution in [3.8, 4) is 11.3 Å². The second-order valence-electron chi connectivity index (χ2n) is 8.15. The number of benzene rings is 2. The van der Waals surface area contributed by atoms with Gasteiger partial charge in [-0.2, -0.15) is 0 Å². The number of pyridine rings is 1. The van der Waals surface area contributed by atoms with Gasteiger partial charge in [0.15, 0.2) is 0 Å². The Bertz CT molecular complexity index is 1540. The summed E-state index contributed by atoms with van der Waals surface area (Å²) in [6.45, 7) is 4.06. The summed E-state index contributed by atoms with van der Waals surface area (Å²) in [6, 6.07) is 16.6. The van der Waals surface area contributed by atoms with Crippen LogP contribution in [0.2, 0.25) is 0 Å². The number of hydrogen-bond acceptors (Lipinski definition) is 5. The third-order valence-electron chi connectivity index (χ3n) is 5.59. The highest BCUT2D eigenvalue weighted by molar-refractivity contribution is 6.21. The van der Waals surface area contributed by atoms with E-state index in [0.717, 1.165) is 21.9 Å². The van der Waals surface area contributed by atoms with Crippen molar-refractivity contribution in [2.24, 2.45) is 4.99 Å². The molecule has 7 nitrogen and oxygen atoms in total. The van der Waals surface area contributed by atoms with E-state index in [0.29, 0.717) is 33.6 Å². The first-order valence-electron chi connectivity index (χ1n) is 10.8. The molecule has 34 heavy (non-hydrogen) atoms. The fourth-order valence-electron chi connectivity index (χ4n) is 3.83. The lowest BCUT2D eigenvalue weighted by Gasteiger charge is -2.11. The number of rotatable bonds is 5. The van der Waals surface area contributed by atoms with Gasteiger partial charge in [-0.1, -0.05) is 24.3 Å². The molecule has 0 spiro atoms. The van der Waals surface area contributed by atoms with Crippen LogP contribution in [0.3, 0.4) is 0 Å². The first kappa shape index (κ1) is 21.3. The van der Waals surface area contributed by atoms with Crippen molar-refractivity contribution >= 4 is 17.4 Å². The Hall–Kier alpha value is -4.52. The quantitative estimate of drug-likeness (QED) is 0.507. The van der Waals surface area contributed by atoms with Crippen LogP contribution in [0.15, 0.2) is 78.2 Å². The van der Waals surface area contributed by atoms with Crippen molar-refractivity contribution < 1.29 is 9.59 Å². The number of carbonyl (C=O) groups is 2. The van der Waals surface area contributed by atoms with E-state index >= 15 is 0 Å². The first-order chi connectivity index (χ1) is 16.5. The van der Waals surface area contributed by atoms with Crippen molar-refractivity contribution in [3.05, 3.63) is 112 Å². The van der Waals surface area contributed by atoms with Crippen LogP contribution in [0, 0.1) is 13.8 Å². The van der Waals surface area contributed by atoms with Crippen LogP contribution in [0.1, 0.15) is 32.9 Å². The summed E-state index contributed by atoms with van der Waals surface area (Å²) in [5.41, 5.74) is 4.81. The largest absolute Gasteiger partial charge is 0.348 e. The van der Waals surface area contributed by atoms with Gasteiger partial charge in [0.1, 0.15) is 5.82 Å².